The van der Waals surface area contributed by atoms with Gasteiger partial charge < -0.3 is 5.73 Å². The van der Waals surface area contributed by atoms with Crippen LogP contribution in [0.3, 0.4) is 0 Å². The van der Waals surface area contributed by atoms with E-state index < -0.39 is 0 Å². The molecule has 0 fully saturated rings. The lowest BCUT2D eigenvalue weighted by atomic mass is 10.4. The topological polar surface area (TPSA) is 99.1 Å². The second kappa shape index (κ2) is 5.68. The molecule has 104 valence electrons. The summed E-state index contributed by atoms with van der Waals surface area (Å²) in [4.78, 5) is 17.0. The first-order chi connectivity index (χ1) is 9.65. The highest BCUT2D eigenvalue weighted by molar-refractivity contribution is 8.00. The van der Waals surface area contributed by atoms with E-state index in [9.17, 15) is 4.79 Å². The number of rotatable bonds is 4. The van der Waals surface area contributed by atoms with Gasteiger partial charge in [-0.1, -0.05) is 46.2 Å². The zero-order chi connectivity index (χ0) is 14.1. The fourth-order valence-electron chi connectivity index (χ4n) is 1.41. The van der Waals surface area contributed by atoms with Crippen molar-refractivity contribution in [2.24, 2.45) is 0 Å². The molecule has 0 aliphatic carbocycles. The minimum Gasteiger partial charge on any atom is -0.374 e. The monoisotopic (exact) mass is 344 g/mol. The van der Waals surface area contributed by atoms with Gasteiger partial charge in [0, 0.05) is 11.8 Å². The van der Waals surface area contributed by atoms with Crippen LogP contribution in [0, 0.1) is 0 Å². The highest BCUT2D eigenvalue weighted by Crippen LogP contribution is 2.26. The van der Waals surface area contributed by atoms with Crippen molar-refractivity contribution >= 4 is 56.3 Å². The van der Waals surface area contributed by atoms with Crippen molar-refractivity contribution in [1.29, 1.82) is 0 Å². The molecule has 0 radical (unpaired) electrons. The summed E-state index contributed by atoms with van der Waals surface area (Å²) in [6.45, 7) is 0. The van der Waals surface area contributed by atoms with Crippen LogP contribution in [0.25, 0.3) is 4.96 Å². The second-order valence-corrected chi connectivity index (χ2v) is 7.79. The Kier molecular flexibility index (Phi) is 3.92. The van der Waals surface area contributed by atoms with Gasteiger partial charge in [0.1, 0.15) is 0 Å². The molecule has 0 aliphatic heterocycles. The molecule has 0 saturated carbocycles. The molecule has 11 heteroatoms. The van der Waals surface area contributed by atoms with Gasteiger partial charge in [-0.3, -0.25) is 4.79 Å². The van der Waals surface area contributed by atoms with E-state index in [4.69, 9.17) is 5.73 Å². The molecule has 0 amide bonds. The van der Waals surface area contributed by atoms with Crippen LogP contribution in [-0.2, 0) is 5.75 Å². The minimum atomic E-state index is -0.168. The molecular formula is C9H8N6OS4. The predicted octanol–water partition coefficient (Wildman–Crippen LogP) is 1.60. The highest BCUT2D eigenvalue weighted by atomic mass is 32.2. The third-order valence-corrected chi connectivity index (χ3v) is 6.02. The van der Waals surface area contributed by atoms with Gasteiger partial charge >= 0.3 is 0 Å². The molecule has 0 atom stereocenters. The van der Waals surface area contributed by atoms with E-state index in [1.54, 1.807) is 0 Å². The van der Waals surface area contributed by atoms with Gasteiger partial charge in [0.05, 0.1) is 5.69 Å². The molecule has 3 aromatic rings. The summed E-state index contributed by atoms with van der Waals surface area (Å²) in [5.41, 5.74) is 6.05. The zero-order valence-corrected chi connectivity index (χ0v) is 13.4. The molecule has 0 spiro atoms. The Balaban J connectivity index is 1.86. The molecule has 3 aromatic heterocycles. The van der Waals surface area contributed by atoms with E-state index in [0.717, 1.165) is 8.68 Å². The Morgan fingerprint density at radius 2 is 2.20 bits per heavy atom. The smallest absolute Gasteiger partial charge is 0.275 e. The average molecular weight is 344 g/mol. The van der Waals surface area contributed by atoms with Crippen molar-refractivity contribution in [2.45, 2.75) is 14.4 Å². The van der Waals surface area contributed by atoms with Crippen molar-refractivity contribution < 1.29 is 0 Å². The van der Waals surface area contributed by atoms with E-state index in [2.05, 4.69) is 20.3 Å². The maximum atomic E-state index is 11.9. The number of hydrogen-bond acceptors (Lipinski definition) is 10. The Labute approximate surface area is 129 Å². The van der Waals surface area contributed by atoms with Gasteiger partial charge in [-0.25, -0.2) is 4.98 Å². The van der Waals surface area contributed by atoms with Crippen LogP contribution in [-0.4, -0.2) is 31.1 Å². The van der Waals surface area contributed by atoms with E-state index in [-0.39, 0.29) is 5.56 Å². The first-order valence-electron chi connectivity index (χ1n) is 5.31. The normalized spacial score (nSPS) is 11.2. The summed E-state index contributed by atoms with van der Waals surface area (Å²) in [5, 5.41) is 12.3. The maximum Gasteiger partial charge on any atom is 0.275 e. The number of fused-ring (bicyclic) bond motifs is 1. The van der Waals surface area contributed by atoms with Crippen LogP contribution in [0.15, 0.2) is 19.5 Å². The fourth-order valence-corrected chi connectivity index (χ4v) is 4.32. The van der Waals surface area contributed by atoms with Crippen LogP contribution >= 0.6 is 46.2 Å². The molecule has 2 N–H and O–H groups in total. The van der Waals surface area contributed by atoms with E-state index in [1.807, 2.05) is 6.26 Å². The summed E-state index contributed by atoms with van der Waals surface area (Å²) in [6.07, 6.45) is 1.92. The van der Waals surface area contributed by atoms with Crippen LogP contribution in [0.1, 0.15) is 5.69 Å². The molecule has 0 aliphatic rings. The molecular weight excluding hydrogens is 336 g/mol. The number of hydrogen-bond donors (Lipinski definition) is 1. The molecule has 3 rings (SSSR count). The SMILES string of the molecule is CSc1nn2c(=O)cc(CSc3nnc(N)s3)nc2s1. The highest BCUT2D eigenvalue weighted by Gasteiger charge is 2.09. The standard InChI is InChI=1S/C9H8N6OS4/c1-17-9-14-15-5(16)2-4(11-7(15)20-9)3-18-8-13-12-6(10)19-8/h2H,3H2,1H3,(H2,10,12). The predicted molar refractivity (Wildman–Crippen MR) is 82.8 cm³/mol. The molecule has 0 unspecified atom stereocenters. The lowest BCUT2D eigenvalue weighted by Crippen LogP contribution is -2.15. The van der Waals surface area contributed by atoms with Gasteiger partial charge in [-0.15, -0.1) is 15.3 Å². The van der Waals surface area contributed by atoms with Crippen molar-refractivity contribution in [1.82, 2.24) is 24.8 Å². The molecule has 0 bridgehead atoms. The Morgan fingerprint density at radius 1 is 1.35 bits per heavy atom. The van der Waals surface area contributed by atoms with Gasteiger partial charge in [-0.05, 0) is 6.26 Å². The first-order valence-corrected chi connectivity index (χ1v) is 9.15. The van der Waals surface area contributed by atoms with Crippen molar-refractivity contribution in [3.05, 3.63) is 22.1 Å². The zero-order valence-electron chi connectivity index (χ0n) is 10.1. The molecule has 0 saturated heterocycles. The van der Waals surface area contributed by atoms with Gasteiger partial charge in [0.15, 0.2) is 8.68 Å². The van der Waals surface area contributed by atoms with E-state index in [0.29, 0.717) is 21.5 Å². The summed E-state index contributed by atoms with van der Waals surface area (Å²) in [5.74, 6) is 0.548. The van der Waals surface area contributed by atoms with Crippen molar-refractivity contribution in [3.8, 4) is 0 Å². The summed E-state index contributed by atoms with van der Waals surface area (Å²) in [6, 6.07) is 1.49. The number of nitrogens with two attached hydrogens (primary N) is 1. The number of thioether (sulfide) groups is 2. The van der Waals surface area contributed by atoms with Crippen LogP contribution in [0.5, 0.6) is 0 Å². The lowest BCUT2D eigenvalue weighted by Gasteiger charge is -1.97. The quantitative estimate of drug-likeness (QED) is 0.713. The number of anilines is 1. The average Bonchev–Trinajstić information content (AvgIpc) is 3.02. The molecule has 3 heterocycles. The van der Waals surface area contributed by atoms with E-state index >= 15 is 0 Å². The molecule has 20 heavy (non-hydrogen) atoms. The third kappa shape index (κ3) is 2.80. The molecule has 0 aromatic carbocycles. The van der Waals surface area contributed by atoms with Gasteiger partial charge in [-0.2, -0.15) is 4.52 Å². The Hall–Kier alpha value is -1.17. The molecule has 7 nitrogen and oxygen atoms in total. The number of nitrogen functional groups attached to an aromatic ring is 1. The van der Waals surface area contributed by atoms with Crippen LogP contribution in [0.2, 0.25) is 0 Å². The first kappa shape index (κ1) is 13.8. The maximum absolute atomic E-state index is 11.9. The third-order valence-electron chi connectivity index (χ3n) is 2.22. The number of nitrogens with zero attached hydrogens (tertiary/aromatic N) is 5. The Morgan fingerprint density at radius 3 is 2.90 bits per heavy atom. The van der Waals surface area contributed by atoms with E-state index in [1.165, 1.54) is 56.8 Å². The van der Waals surface area contributed by atoms with Crippen molar-refractivity contribution in [2.75, 3.05) is 12.0 Å². The summed E-state index contributed by atoms with van der Waals surface area (Å²) < 4.78 is 2.91. The van der Waals surface area contributed by atoms with Crippen LogP contribution in [0.4, 0.5) is 5.13 Å². The fraction of sp³-hybridized carbons (Fsp3) is 0.222. The van der Waals surface area contributed by atoms with Gasteiger partial charge in [0.2, 0.25) is 10.1 Å². The van der Waals surface area contributed by atoms with Crippen LogP contribution < -0.4 is 11.3 Å². The summed E-state index contributed by atoms with van der Waals surface area (Å²) in [7, 11) is 0. The lowest BCUT2D eigenvalue weighted by molar-refractivity contribution is 0.850. The Bertz CT molecular complexity index is 808. The number of aromatic nitrogens is 5. The largest absolute Gasteiger partial charge is 0.374 e. The summed E-state index contributed by atoms with van der Waals surface area (Å²) >= 11 is 5.67. The second-order valence-electron chi connectivity index (χ2n) is 3.55. The minimum absolute atomic E-state index is 0.168. The van der Waals surface area contributed by atoms with Gasteiger partial charge in [0.25, 0.3) is 5.56 Å². The van der Waals surface area contributed by atoms with Crippen molar-refractivity contribution in [3.63, 3.8) is 0 Å².